The van der Waals surface area contributed by atoms with Crippen molar-refractivity contribution in [2.75, 3.05) is 5.75 Å². The summed E-state index contributed by atoms with van der Waals surface area (Å²) in [4.78, 5) is 32.2. The van der Waals surface area contributed by atoms with E-state index in [1.165, 1.54) is 28.6 Å². The van der Waals surface area contributed by atoms with Crippen molar-refractivity contribution in [1.29, 1.82) is 0 Å². The maximum atomic E-state index is 13.1. The Kier molecular flexibility index (Phi) is 5.21. The Labute approximate surface area is 156 Å². The molecule has 0 saturated heterocycles. The molecule has 0 bridgehead atoms. The van der Waals surface area contributed by atoms with Crippen LogP contribution in [-0.4, -0.2) is 21.1 Å². The number of ketones is 1. The number of carbonyl (C=O) groups is 1. The zero-order valence-electron chi connectivity index (χ0n) is 15.1. The lowest BCUT2D eigenvalue weighted by Crippen LogP contribution is -2.25. The topological polar surface area (TPSA) is 52.0 Å². The zero-order valence-corrected chi connectivity index (χ0v) is 16.7. The number of thioether (sulfide) groups is 1. The number of fused-ring (bicyclic) bond motifs is 3. The first kappa shape index (κ1) is 18.4. The highest BCUT2D eigenvalue weighted by Gasteiger charge is 2.24. The number of hydrogen-bond donors (Lipinski definition) is 0. The first-order valence-corrected chi connectivity index (χ1v) is 10.4. The first-order valence-electron chi connectivity index (χ1n) is 8.65. The Bertz CT molecular complexity index is 887. The van der Waals surface area contributed by atoms with Gasteiger partial charge in [0.1, 0.15) is 10.6 Å². The Balaban J connectivity index is 2.05. The summed E-state index contributed by atoms with van der Waals surface area (Å²) in [5.74, 6) is 0.478. The minimum Gasteiger partial charge on any atom is -0.298 e. The second-order valence-corrected chi connectivity index (χ2v) is 9.48. The van der Waals surface area contributed by atoms with Gasteiger partial charge in [-0.05, 0) is 31.2 Å². The van der Waals surface area contributed by atoms with E-state index in [0.29, 0.717) is 17.5 Å². The number of allylic oxidation sites excluding steroid dienone is 1. The summed E-state index contributed by atoms with van der Waals surface area (Å²) in [7, 11) is 0. The van der Waals surface area contributed by atoms with Gasteiger partial charge in [0.15, 0.2) is 5.16 Å². The zero-order chi connectivity index (χ0) is 18.2. The molecule has 0 saturated carbocycles. The summed E-state index contributed by atoms with van der Waals surface area (Å²) in [6, 6.07) is 0. The largest absolute Gasteiger partial charge is 0.298 e. The van der Waals surface area contributed by atoms with Crippen LogP contribution in [0.3, 0.4) is 0 Å². The lowest BCUT2D eigenvalue weighted by atomic mass is 9.92. The third-order valence-electron chi connectivity index (χ3n) is 4.52. The van der Waals surface area contributed by atoms with E-state index in [2.05, 4.69) is 6.58 Å². The average molecular weight is 377 g/mol. The van der Waals surface area contributed by atoms with Crippen molar-refractivity contribution < 1.29 is 4.79 Å². The van der Waals surface area contributed by atoms with Crippen molar-refractivity contribution >= 4 is 39.1 Å². The fourth-order valence-electron chi connectivity index (χ4n) is 2.97. The molecule has 0 N–H and O–H groups in total. The molecule has 6 heteroatoms. The number of carbonyl (C=O) groups excluding carboxylic acids is 1. The van der Waals surface area contributed by atoms with E-state index < -0.39 is 0 Å². The van der Waals surface area contributed by atoms with Crippen LogP contribution >= 0.6 is 23.1 Å². The van der Waals surface area contributed by atoms with Gasteiger partial charge in [0.25, 0.3) is 5.56 Å². The Morgan fingerprint density at radius 2 is 2.08 bits per heavy atom. The average Bonchev–Trinajstić information content (AvgIpc) is 2.93. The van der Waals surface area contributed by atoms with Crippen LogP contribution in [-0.2, 0) is 24.2 Å². The summed E-state index contributed by atoms with van der Waals surface area (Å²) in [5, 5.41) is 1.40. The molecule has 0 aromatic carbocycles. The summed E-state index contributed by atoms with van der Waals surface area (Å²) in [6.07, 6.45) is 6.04. The molecule has 0 fully saturated rings. The molecule has 0 unspecified atom stereocenters. The van der Waals surface area contributed by atoms with Crippen LogP contribution < -0.4 is 5.56 Å². The number of thiophene rings is 1. The minimum absolute atomic E-state index is 0.00927. The summed E-state index contributed by atoms with van der Waals surface area (Å²) >= 11 is 3.00. The Morgan fingerprint density at radius 3 is 2.76 bits per heavy atom. The number of Topliss-reactive ketones (excluding diaryl/α,β-unsaturated/α-hetero) is 1. The number of nitrogens with zero attached hydrogens (tertiary/aromatic N) is 2. The van der Waals surface area contributed by atoms with Gasteiger partial charge in [-0.15, -0.1) is 17.9 Å². The van der Waals surface area contributed by atoms with Crippen LogP contribution in [0.15, 0.2) is 22.6 Å². The Morgan fingerprint density at radius 1 is 1.36 bits per heavy atom. The van der Waals surface area contributed by atoms with Gasteiger partial charge in [0.2, 0.25) is 0 Å². The highest BCUT2D eigenvalue weighted by molar-refractivity contribution is 7.99. The molecule has 2 heterocycles. The van der Waals surface area contributed by atoms with Crippen LogP contribution in [0.1, 0.15) is 44.1 Å². The van der Waals surface area contributed by atoms with Gasteiger partial charge in [-0.1, -0.05) is 38.6 Å². The second kappa shape index (κ2) is 7.08. The van der Waals surface area contributed by atoms with Gasteiger partial charge >= 0.3 is 0 Å². The van der Waals surface area contributed by atoms with E-state index in [1.54, 1.807) is 22.0 Å². The van der Waals surface area contributed by atoms with Gasteiger partial charge in [-0.25, -0.2) is 4.98 Å². The third-order valence-corrected chi connectivity index (χ3v) is 6.68. The molecular formula is C19H24N2O2S2. The molecule has 3 rings (SSSR count). The summed E-state index contributed by atoms with van der Waals surface area (Å²) in [5.41, 5.74) is 0.821. The minimum atomic E-state index is -0.386. The van der Waals surface area contributed by atoms with Crippen molar-refractivity contribution in [3.05, 3.63) is 33.4 Å². The van der Waals surface area contributed by atoms with Gasteiger partial charge in [-0.2, -0.15) is 0 Å². The number of aromatic nitrogens is 2. The SMILES string of the molecule is C=CCn1c(SCC(=O)C(C)(C)C)nc2sc3c(c2c1=O)CCCC3. The summed E-state index contributed by atoms with van der Waals surface area (Å²) in [6.45, 7) is 9.92. The smallest absolute Gasteiger partial charge is 0.263 e. The molecular weight excluding hydrogens is 352 g/mol. The van der Waals surface area contributed by atoms with E-state index in [4.69, 9.17) is 4.98 Å². The van der Waals surface area contributed by atoms with E-state index >= 15 is 0 Å². The maximum absolute atomic E-state index is 13.1. The van der Waals surface area contributed by atoms with Crippen LogP contribution in [0.25, 0.3) is 10.2 Å². The maximum Gasteiger partial charge on any atom is 0.263 e. The first-order chi connectivity index (χ1) is 11.8. The van der Waals surface area contributed by atoms with Gasteiger partial charge in [0, 0.05) is 16.8 Å². The molecule has 1 aliphatic rings. The quantitative estimate of drug-likeness (QED) is 0.445. The standard InChI is InChI=1S/C19H24N2O2S2/c1-5-10-21-17(23)15-12-8-6-7-9-13(12)25-16(15)20-18(21)24-11-14(22)19(2,3)4/h5H,1,6-11H2,2-4H3. The molecule has 0 atom stereocenters. The monoisotopic (exact) mass is 376 g/mol. The molecule has 1 aliphatic carbocycles. The predicted octanol–water partition coefficient (Wildman–Crippen LogP) is 4.23. The number of hydrogen-bond acceptors (Lipinski definition) is 5. The van der Waals surface area contributed by atoms with Crippen LogP contribution in [0.4, 0.5) is 0 Å². The van der Waals surface area contributed by atoms with Gasteiger partial charge in [0.05, 0.1) is 11.1 Å². The third kappa shape index (κ3) is 3.60. The lowest BCUT2D eigenvalue weighted by molar-refractivity contribution is -0.123. The fourth-order valence-corrected chi connectivity index (χ4v) is 5.44. The molecule has 0 radical (unpaired) electrons. The number of rotatable bonds is 5. The van der Waals surface area contributed by atoms with Crippen molar-refractivity contribution in [2.45, 2.75) is 58.2 Å². The molecule has 2 aromatic rings. The van der Waals surface area contributed by atoms with E-state index in [-0.39, 0.29) is 16.8 Å². The van der Waals surface area contributed by atoms with Crippen LogP contribution in [0, 0.1) is 5.41 Å². The van der Waals surface area contributed by atoms with Gasteiger partial charge in [-0.3, -0.25) is 14.2 Å². The molecule has 4 nitrogen and oxygen atoms in total. The normalized spacial score (nSPS) is 14.5. The molecule has 0 spiro atoms. The van der Waals surface area contributed by atoms with Crippen molar-refractivity contribution in [1.82, 2.24) is 9.55 Å². The summed E-state index contributed by atoms with van der Waals surface area (Å²) < 4.78 is 1.66. The van der Waals surface area contributed by atoms with E-state index in [0.717, 1.165) is 29.5 Å². The fraction of sp³-hybridized carbons (Fsp3) is 0.526. The Hall–Kier alpha value is -1.40. The van der Waals surface area contributed by atoms with Crippen LogP contribution in [0.5, 0.6) is 0 Å². The molecule has 25 heavy (non-hydrogen) atoms. The predicted molar refractivity (Wildman–Crippen MR) is 106 cm³/mol. The van der Waals surface area contributed by atoms with Crippen molar-refractivity contribution in [2.24, 2.45) is 5.41 Å². The second-order valence-electron chi connectivity index (χ2n) is 7.45. The van der Waals surface area contributed by atoms with Crippen molar-refractivity contribution in [3.63, 3.8) is 0 Å². The number of aryl methyl sites for hydroxylation is 2. The van der Waals surface area contributed by atoms with E-state index in [9.17, 15) is 9.59 Å². The highest BCUT2D eigenvalue weighted by atomic mass is 32.2. The van der Waals surface area contributed by atoms with Crippen molar-refractivity contribution in [3.8, 4) is 0 Å². The molecule has 2 aromatic heterocycles. The highest BCUT2D eigenvalue weighted by Crippen LogP contribution is 2.34. The van der Waals surface area contributed by atoms with E-state index in [1.807, 2.05) is 20.8 Å². The van der Waals surface area contributed by atoms with Gasteiger partial charge < -0.3 is 0 Å². The molecule has 134 valence electrons. The van der Waals surface area contributed by atoms with Crippen LogP contribution in [0.2, 0.25) is 0 Å². The molecule has 0 amide bonds. The lowest BCUT2D eigenvalue weighted by Gasteiger charge is -2.17. The molecule has 0 aliphatic heterocycles.